The van der Waals surface area contributed by atoms with Gasteiger partial charge in [-0.1, -0.05) is 0 Å². The highest BCUT2D eigenvalue weighted by molar-refractivity contribution is 5.89. The number of alkyl halides is 3. The van der Waals surface area contributed by atoms with Crippen molar-refractivity contribution >= 4 is 11.7 Å². The van der Waals surface area contributed by atoms with E-state index in [0.29, 0.717) is 24.1 Å². The van der Waals surface area contributed by atoms with Crippen LogP contribution in [-0.2, 0) is 6.18 Å². The van der Waals surface area contributed by atoms with Crippen LogP contribution in [0.1, 0.15) is 31.2 Å². The van der Waals surface area contributed by atoms with Gasteiger partial charge < -0.3 is 15.6 Å². The van der Waals surface area contributed by atoms with Gasteiger partial charge in [0.2, 0.25) is 0 Å². The number of aromatic amines is 1. The van der Waals surface area contributed by atoms with Gasteiger partial charge in [0.25, 0.3) is 5.56 Å². The average Bonchev–Trinajstić information content (AvgIpc) is 3.30. The minimum atomic E-state index is -4.58. The first kappa shape index (κ1) is 14.9. The highest BCUT2D eigenvalue weighted by atomic mass is 19.4. The fraction of sp³-hybridized carbons (Fsp3) is 0.571. The Morgan fingerprint density at radius 1 is 1.23 bits per heavy atom. The molecule has 2 saturated carbocycles. The fourth-order valence-electron chi connectivity index (χ4n) is 2.58. The van der Waals surface area contributed by atoms with E-state index < -0.39 is 29.0 Å². The van der Waals surface area contributed by atoms with Crippen LogP contribution in [0.2, 0.25) is 0 Å². The molecule has 0 saturated heterocycles. The maximum absolute atomic E-state index is 12.6. The summed E-state index contributed by atoms with van der Waals surface area (Å²) in [7, 11) is 0. The minimum Gasteiger partial charge on any atom is -0.335 e. The van der Waals surface area contributed by atoms with Crippen molar-refractivity contribution in [3.63, 3.8) is 0 Å². The number of anilines is 1. The summed E-state index contributed by atoms with van der Waals surface area (Å²) < 4.78 is 37.9. The number of carbonyl (C=O) groups excluding carboxylic acids is 1. The molecule has 0 radical (unpaired) electrons. The number of aromatic nitrogens is 1. The second-order valence-electron chi connectivity index (χ2n) is 5.93. The molecule has 2 aliphatic rings. The molecule has 3 rings (SSSR count). The number of hydrogen-bond acceptors (Lipinski definition) is 2. The van der Waals surface area contributed by atoms with Crippen LogP contribution in [0.4, 0.5) is 23.7 Å². The topological polar surface area (TPSA) is 74.0 Å². The van der Waals surface area contributed by atoms with Crippen LogP contribution in [0, 0.1) is 11.8 Å². The molecule has 0 atom stereocenters. The van der Waals surface area contributed by atoms with Crippen LogP contribution in [0.3, 0.4) is 0 Å². The molecule has 2 fully saturated rings. The monoisotopic (exact) mass is 315 g/mol. The molecule has 2 amide bonds. The van der Waals surface area contributed by atoms with Crippen molar-refractivity contribution in [2.45, 2.75) is 37.9 Å². The van der Waals surface area contributed by atoms with Crippen molar-refractivity contribution in [1.82, 2.24) is 10.3 Å². The summed E-state index contributed by atoms with van der Waals surface area (Å²) >= 11 is 0. The molecule has 22 heavy (non-hydrogen) atoms. The predicted molar refractivity (Wildman–Crippen MR) is 73.5 cm³/mol. The van der Waals surface area contributed by atoms with Crippen molar-refractivity contribution in [2.24, 2.45) is 11.8 Å². The summed E-state index contributed by atoms with van der Waals surface area (Å²) in [6.07, 6.45) is 0.249. The highest BCUT2D eigenvalue weighted by Gasteiger charge is 2.42. The number of urea groups is 1. The third-order valence-electron chi connectivity index (χ3n) is 4.04. The van der Waals surface area contributed by atoms with Crippen molar-refractivity contribution in [3.8, 4) is 0 Å². The number of rotatable bonds is 4. The lowest BCUT2D eigenvalue weighted by Crippen LogP contribution is -2.41. The van der Waals surface area contributed by atoms with E-state index in [4.69, 9.17) is 0 Å². The molecule has 3 N–H and O–H groups in total. The lowest BCUT2D eigenvalue weighted by molar-refractivity contribution is -0.137. The molecule has 8 heteroatoms. The number of nitrogens with one attached hydrogen (secondary N) is 3. The maximum Gasteiger partial charge on any atom is 0.417 e. The molecule has 0 spiro atoms. The van der Waals surface area contributed by atoms with Gasteiger partial charge in [0.05, 0.1) is 5.56 Å². The zero-order valence-corrected chi connectivity index (χ0v) is 11.7. The van der Waals surface area contributed by atoms with Gasteiger partial charge >= 0.3 is 12.2 Å². The van der Waals surface area contributed by atoms with E-state index in [1.54, 1.807) is 0 Å². The van der Waals surface area contributed by atoms with Crippen LogP contribution < -0.4 is 16.2 Å². The number of hydrogen-bond donors (Lipinski definition) is 3. The quantitative estimate of drug-likeness (QED) is 0.799. The van der Waals surface area contributed by atoms with E-state index in [1.807, 2.05) is 4.98 Å². The van der Waals surface area contributed by atoms with Crippen LogP contribution in [-0.4, -0.2) is 17.1 Å². The van der Waals surface area contributed by atoms with Gasteiger partial charge in [-0.2, -0.15) is 13.2 Å². The highest BCUT2D eigenvalue weighted by Crippen LogP contribution is 2.44. The maximum atomic E-state index is 12.6. The van der Waals surface area contributed by atoms with Crippen molar-refractivity contribution in [2.75, 3.05) is 5.32 Å². The first-order valence-electron chi connectivity index (χ1n) is 7.22. The summed E-state index contributed by atoms with van der Waals surface area (Å²) in [4.78, 5) is 25.5. The molecule has 1 aromatic heterocycles. The lowest BCUT2D eigenvalue weighted by atomic mass is 10.1. The third kappa shape index (κ3) is 3.42. The van der Waals surface area contributed by atoms with E-state index in [-0.39, 0.29) is 6.04 Å². The standard InChI is InChI=1S/C14H16F3N3O2/c15-14(16,17)9-5-10(12(21)18-6-9)19-13(22)20-11(7-1-2-7)8-3-4-8/h5-8,11H,1-4H2,(H,18,21)(H2,19,20,22). The molecule has 2 aliphatic carbocycles. The number of H-pyrrole nitrogens is 1. The van der Waals surface area contributed by atoms with E-state index in [2.05, 4.69) is 10.6 Å². The van der Waals surface area contributed by atoms with Crippen LogP contribution in [0.5, 0.6) is 0 Å². The summed E-state index contributed by atoms with van der Waals surface area (Å²) in [6.45, 7) is 0. The number of amides is 2. The van der Waals surface area contributed by atoms with Crippen molar-refractivity contribution in [1.29, 1.82) is 0 Å². The van der Waals surface area contributed by atoms with Gasteiger partial charge in [0, 0.05) is 12.2 Å². The Morgan fingerprint density at radius 3 is 2.32 bits per heavy atom. The molecule has 1 aromatic rings. The van der Waals surface area contributed by atoms with E-state index in [1.165, 1.54) is 0 Å². The first-order chi connectivity index (χ1) is 10.3. The smallest absolute Gasteiger partial charge is 0.335 e. The van der Waals surface area contributed by atoms with E-state index >= 15 is 0 Å². The third-order valence-corrected chi connectivity index (χ3v) is 4.04. The summed E-state index contributed by atoms with van der Waals surface area (Å²) in [5.74, 6) is 0.913. The van der Waals surface area contributed by atoms with Gasteiger partial charge in [-0.25, -0.2) is 4.79 Å². The SMILES string of the molecule is O=C(Nc1cc(C(F)(F)F)c[nH]c1=O)NC(C1CC1)C1CC1. The van der Waals surface area contributed by atoms with E-state index in [0.717, 1.165) is 25.7 Å². The normalized spacial score (nSPS) is 18.4. The largest absolute Gasteiger partial charge is 0.417 e. The molecule has 0 aliphatic heterocycles. The Labute approximate surface area is 124 Å². The number of carbonyl (C=O) groups is 1. The molecule has 0 aromatic carbocycles. The second-order valence-corrected chi connectivity index (χ2v) is 5.93. The Morgan fingerprint density at radius 2 is 1.82 bits per heavy atom. The van der Waals surface area contributed by atoms with Crippen molar-refractivity contribution < 1.29 is 18.0 Å². The van der Waals surface area contributed by atoms with Gasteiger partial charge in [0.1, 0.15) is 5.69 Å². The number of pyridine rings is 1. The Bertz CT molecular complexity index is 621. The average molecular weight is 315 g/mol. The van der Waals surface area contributed by atoms with Gasteiger partial charge in [0.15, 0.2) is 0 Å². The molecular weight excluding hydrogens is 299 g/mol. The summed E-state index contributed by atoms with van der Waals surface area (Å²) in [6, 6.07) is 0.0697. The van der Waals surface area contributed by atoms with Gasteiger partial charge in [-0.05, 0) is 43.6 Å². The number of halogens is 3. The zero-order chi connectivity index (χ0) is 15.9. The second kappa shape index (κ2) is 5.33. The molecule has 0 bridgehead atoms. The van der Waals surface area contributed by atoms with Crippen LogP contribution >= 0.6 is 0 Å². The molecule has 5 nitrogen and oxygen atoms in total. The zero-order valence-electron chi connectivity index (χ0n) is 11.7. The van der Waals surface area contributed by atoms with Crippen LogP contribution in [0.15, 0.2) is 17.1 Å². The van der Waals surface area contributed by atoms with E-state index in [9.17, 15) is 22.8 Å². The van der Waals surface area contributed by atoms with Crippen molar-refractivity contribution in [3.05, 3.63) is 28.2 Å². The lowest BCUT2D eigenvalue weighted by Gasteiger charge is -2.18. The first-order valence-corrected chi connectivity index (χ1v) is 7.22. The predicted octanol–water partition coefficient (Wildman–Crippen LogP) is 2.70. The fourth-order valence-corrected chi connectivity index (χ4v) is 2.58. The van der Waals surface area contributed by atoms with Gasteiger partial charge in [-0.15, -0.1) is 0 Å². The minimum absolute atomic E-state index is 0.0601. The molecule has 1 heterocycles. The van der Waals surface area contributed by atoms with Gasteiger partial charge in [-0.3, -0.25) is 4.79 Å². The van der Waals surface area contributed by atoms with Crippen LogP contribution in [0.25, 0.3) is 0 Å². The Balaban J connectivity index is 1.69. The summed E-state index contributed by atoms with van der Waals surface area (Å²) in [5, 5.41) is 5.02. The summed E-state index contributed by atoms with van der Waals surface area (Å²) in [5.41, 5.74) is -2.18. The molecule has 0 unspecified atom stereocenters. The molecule has 120 valence electrons. The molecular formula is C14H16F3N3O2. The Hall–Kier alpha value is -1.99. The Kier molecular flexibility index (Phi) is 3.62.